The van der Waals surface area contributed by atoms with Crippen molar-refractivity contribution in [3.05, 3.63) is 12.4 Å². The van der Waals surface area contributed by atoms with Crippen LogP contribution < -0.4 is 16.0 Å². The largest absolute Gasteiger partial charge is 0.382 e. The number of nitrogens with zero attached hydrogens (tertiary/aromatic N) is 3. The molecule has 3 rings (SSSR count). The molecule has 2 atom stereocenters. The number of fused-ring (bicyclic) bond motifs is 1. The third kappa shape index (κ3) is 2.10. The van der Waals surface area contributed by atoms with Crippen molar-refractivity contribution in [2.75, 3.05) is 23.7 Å². The predicted octanol–water partition coefficient (Wildman–Crippen LogP) is 0.164. The maximum absolute atomic E-state index is 11.3. The van der Waals surface area contributed by atoms with Crippen LogP contribution in [0.15, 0.2) is 12.4 Å². The summed E-state index contributed by atoms with van der Waals surface area (Å²) >= 11 is 0. The van der Waals surface area contributed by atoms with Gasteiger partial charge in [0.1, 0.15) is 11.6 Å². The average Bonchev–Trinajstić information content (AvgIpc) is 2.39. The third-order valence-corrected chi connectivity index (χ3v) is 3.80. The summed E-state index contributed by atoms with van der Waals surface area (Å²) in [6.45, 7) is 1.84. The van der Waals surface area contributed by atoms with E-state index in [4.69, 9.17) is 5.73 Å². The number of amides is 1. The maximum Gasteiger partial charge on any atom is 0.220 e. The zero-order valence-corrected chi connectivity index (χ0v) is 10.2. The summed E-state index contributed by atoms with van der Waals surface area (Å²) in [5.74, 6) is 2.03. The molecule has 3 N–H and O–H groups in total. The first kappa shape index (κ1) is 11.3. The molecule has 2 aliphatic heterocycles. The Bertz CT molecular complexity index is 446. The zero-order chi connectivity index (χ0) is 12.5. The molecule has 3 heterocycles. The van der Waals surface area contributed by atoms with Crippen molar-refractivity contribution in [1.82, 2.24) is 15.3 Å². The highest BCUT2D eigenvalue weighted by Gasteiger charge is 2.34. The summed E-state index contributed by atoms with van der Waals surface area (Å²) < 4.78 is 0. The summed E-state index contributed by atoms with van der Waals surface area (Å²) in [5.41, 5.74) is 5.54. The molecule has 0 saturated carbocycles. The van der Waals surface area contributed by atoms with Gasteiger partial charge in [0.15, 0.2) is 0 Å². The van der Waals surface area contributed by atoms with E-state index in [-0.39, 0.29) is 5.91 Å². The molecule has 1 aromatic heterocycles. The molecule has 1 aromatic rings. The number of nitrogen functional groups attached to an aromatic ring is 1. The van der Waals surface area contributed by atoms with E-state index in [9.17, 15) is 4.79 Å². The van der Waals surface area contributed by atoms with Gasteiger partial charge in [-0.3, -0.25) is 4.79 Å². The number of nitrogens with two attached hydrogens (primary N) is 1. The molecule has 0 radical (unpaired) electrons. The quantitative estimate of drug-likeness (QED) is 0.738. The smallest absolute Gasteiger partial charge is 0.220 e. The number of piperidine rings is 2. The highest BCUT2D eigenvalue weighted by Crippen LogP contribution is 2.27. The van der Waals surface area contributed by atoms with Crippen LogP contribution >= 0.6 is 0 Å². The van der Waals surface area contributed by atoms with Gasteiger partial charge in [0.05, 0.1) is 12.4 Å². The molecule has 1 amide bonds. The molecule has 0 aromatic carbocycles. The Labute approximate surface area is 106 Å². The summed E-state index contributed by atoms with van der Waals surface area (Å²) in [4.78, 5) is 22.0. The molecule has 2 unspecified atom stereocenters. The number of anilines is 2. The molecule has 6 nitrogen and oxygen atoms in total. The predicted molar refractivity (Wildman–Crippen MR) is 67.9 cm³/mol. The minimum absolute atomic E-state index is 0.192. The van der Waals surface area contributed by atoms with Crippen LogP contribution in [0.5, 0.6) is 0 Å². The number of aromatic nitrogens is 2. The minimum Gasteiger partial charge on any atom is -0.382 e. The normalized spacial score (nSPS) is 27.6. The first-order valence-corrected chi connectivity index (χ1v) is 6.34. The molecule has 6 heteroatoms. The van der Waals surface area contributed by atoms with Crippen LogP contribution in [-0.2, 0) is 4.79 Å². The monoisotopic (exact) mass is 247 g/mol. The molecule has 2 saturated heterocycles. The number of rotatable bonds is 1. The molecular weight excluding hydrogens is 230 g/mol. The Hall–Kier alpha value is -1.85. The zero-order valence-electron chi connectivity index (χ0n) is 10.2. The van der Waals surface area contributed by atoms with Crippen molar-refractivity contribution in [1.29, 1.82) is 0 Å². The Morgan fingerprint density at radius 3 is 3.00 bits per heavy atom. The van der Waals surface area contributed by atoms with Crippen molar-refractivity contribution in [3.8, 4) is 0 Å². The second kappa shape index (κ2) is 4.44. The van der Waals surface area contributed by atoms with E-state index in [1.54, 1.807) is 12.4 Å². The molecule has 0 aliphatic carbocycles. The Morgan fingerprint density at radius 1 is 1.33 bits per heavy atom. The lowest BCUT2D eigenvalue weighted by molar-refractivity contribution is -0.124. The topological polar surface area (TPSA) is 84.1 Å². The van der Waals surface area contributed by atoms with Crippen LogP contribution in [0.25, 0.3) is 0 Å². The molecule has 2 aliphatic rings. The molecule has 96 valence electrons. The van der Waals surface area contributed by atoms with Gasteiger partial charge in [0.25, 0.3) is 0 Å². The fourth-order valence-electron chi connectivity index (χ4n) is 2.81. The summed E-state index contributed by atoms with van der Waals surface area (Å²) in [6.07, 6.45) is 5.89. The van der Waals surface area contributed by atoms with E-state index in [0.717, 1.165) is 31.7 Å². The van der Waals surface area contributed by atoms with Gasteiger partial charge in [-0.05, 0) is 18.8 Å². The number of hydrogen-bond acceptors (Lipinski definition) is 5. The lowest BCUT2D eigenvalue weighted by Crippen LogP contribution is -2.54. The second-order valence-corrected chi connectivity index (χ2v) is 5.01. The summed E-state index contributed by atoms with van der Waals surface area (Å²) in [7, 11) is 0. The van der Waals surface area contributed by atoms with E-state index in [2.05, 4.69) is 20.2 Å². The molecule has 18 heavy (non-hydrogen) atoms. The minimum atomic E-state index is 0.192. The fraction of sp³-hybridized carbons (Fsp3) is 0.583. The molecule has 0 bridgehead atoms. The van der Waals surface area contributed by atoms with Crippen LogP contribution in [0, 0.1) is 5.92 Å². The number of nitrogens with one attached hydrogen (secondary N) is 1. The average molecular weight is 247 g/mol. The third-order valence-electron chi connectivity index (χ3n) is 3.80. The fourth-order valence-corrected chi connectivity index (χ4v) is 2.81. The van der Waals surface area contributed by atoms with Gasteiger partial charge >= 0.3 is 0 Å². The first-order chi connectivity index (χ1) is 8.72. The van der Waals surface area contributed by atoms with Gasteiger partial charge < -0.3 is 16.0 Å². The van der Waals surface area contributed by atoms with Gasteiger partial charge in [0, 0.05) is 25.6 Å². The van der Waals surface area contributed by atoms with Crippen molar-refractivity contribution >= 4 is 17.5 Å². The van der Waals surface area contributed by atoms with E-state index in [1.807, 2.05) is 0 Å². The van der Waals surface area contributed by atoms with Gasteiger partial charge in [-0.1, -0.05) is 0 Å². The van der Waals surface area contributed by atoms with E-state index < -0.39 is 0 Å². The van der Waals surface area contributed by atoms with Gasteiger partial charge in [-0.2, -0.15) is 0 Å². The summed E-state index contributed by atoms with van der Waals surface area (Å²) in [6, 6.07) is 0.337. The SMILES string of the molecule is Nc1cnc(N2CCC3NC(=O)CCC3C2)cn1. The van der Waals surface area contributed by atoms with Crippen molar-refractivity contribution in [2.45, 2.75) is 25.3 Å². The first-order valence-electron chi connectivity index (χ1n) is 6.34. The van der Waals surface area contributed by atoms with Crippen molar-refractivity contribution in [3.63, 3.8) is 0 Å². The lowest BCUT2D eigenvalue weighted by atomic mass is 9.85. The highest BCUT2D eigenvalue weighted by molar-refractivity contribution is 5.77. The Kier molecular flexibility index (Phi) is 2.77. The van der Waals surface area contributed by atoms with E-state index >= 15 is 0 Å². The second-order valence-electron chi connectivity index (χ2n) is 5.01. The van der Waals surface area contributed by atoms with E-state index in [1.165, 1.54) is 0 Å². The Balaban J connectivity index is 1.70. The van der Waals surface area contributed by atoms with Crippen molar-refractivity contribution < 1.29 is 4.79 Å². The number of carbonyl (C=O) groups is 1. The molecular formula is C12H17N5O. The lowest BCUT2D eigenvalue weighted by Gasteiger charge is -2.41. The number of hydrogen-bond donors (Lipinski definition) is 2. The van der Waals surface area contributed by atoms with Crippen LogP contribution in [0.4, 0.5) is 11.6 Å². The highest BCUT2D eigenvalue weighted by atomic mass is 16.1. The summed E-state index contributed by atoms with van der Waals surface area (Å²) in [5, 5.41) is 3.08. The molecule has 0 spiro atoms. The molecule has 2 fully saturated rings. The Morgan fingerprint density at radius 2 is 2.22 bits per heavy atom. The van der Waals surface area contributed by atoms with Gasteiger partial charge in [-0.25, -0.2) is 9.97 Å². The van der Waals surface area contributed by atoms with Crippen LogP contribution in [0.1, 0.15) is 19.3 Å². The van der Waals surface area contributed by atoms with Crippen LogP contribution in [0.2, 0.25) is 0 Å². The standard InChI is InChI=1S/C12H17N5O/c13-10-5-15-11(6-14-10)17-4-3-9-8(7-17)1-2-12(18)16-9/h5-6,8-9H,1-4,7H2,(H2,13,14)(H,16,18). The van der Waals surface area contributed by atoms with E-state index in [0.29, 0.717) is 24.2 Å². The van der Waals surface area contributed by atoms with Crippen LogP contribution in [0.3, 0.4) is 0 Å². The maximum atomic E-state index is 11.3. The van der Waals surface area contributed by atoms with Crippen molar-refractivity contribution in [2.24, 2.45) is 5.92 Å². The number of carbonyl (C=O) groups excluding carboxylic acids is 1. The van der Waals surface area contributed by atoms with Crippen LogP contribution in [-0.4, -0.2) is 35.0 Å². The van der Waals surface area contributed by atoms with Gasteiger partial charge in [-0.15, -0.1) is 0 Å². The van der Waals surface area contributed by atoms with Gasteiger partial charge in [0.2, 0.25) is 5.91 Å².